The third-order valence-corrected chi connectivity index (χ3v) is 2.61. The van der Waals surface area contributed by atoms with Gasteiger partial charge in [0.05, 0.1) is 0 Å². The van der Waals surface area contributed by atoms with Gasteiger partial charge in [0.2, 0.25) is 0 Å². The van der Waals surface area contributed by atoms with Crippen LogP contribution in [0.4, 0.5) is 0 Å². The number of hydrogen-bond acceptors (Lipinski definition) is 1. The molecule has 1 aromatic carbocycles. The SMILES string of the molecule is CCNC(CC)CCc1ccccc1. The van der Waals surface area contributed by atoms with Crippen LogP contribution in [0.25, 0.3) is 0 Å². The van der Waals surface area contributed by atoms with Gasteiger partial charge in [0.15, 0.2) is 0 Å². The van der Waals surface area contributed by atoms with Gasteiger partial charge in [0.1, 0.15) is 0 Å². The lowest BCUT2D eigenvalue weighted by Crippen LogP contribution is -2.28. The summed E-state index contributed by atoms with van der Waals surface area (Å²) in [7, 11) is 0. The largest absolute Gasteiger partial charge is 0.314 e. The van der Waals surface area contributed by atoms with Crippen LogP contribution in [0.3, 0.4) is 0 Å². The topological polar surface area (TPSA) is 12.0 Å². The normalized spacial score (nSPS) is 12.7. The minimum absolute atomic E-state index is 0.681. The molecular weight excluding hydrogens is 170 g/mol. The molecule has 1 rings (SSSR count). The van der Waals surface area contributed by atoms with E-state index in [4.69, 9.17) is 0 Å². The molecule has 1 nitrogen and oxygen atoms in total. The lowest BCUT2D eigenvalue weighted by molar-refractivity contribution is 0.481. The van der Waals surface area contributed by atoms with Crippen LogP contribution in [0.15, 0.2) is 30.3 Å². The number of hydrogen-bond donors (Lipinski definition) is 1. The number of nitrogens with one attached hydrogen (secondary N) is 1. The van der Waals surface area contributed by atoms with Crippen molar-refractivity contribution in [3.05, 3.63) is 35.9 Å². The molecule has 78 valence electrons. The molecule has 1 aromatic rings. The van der Waals surface area contributed by atoms with Gasteiger partial charge in [-0.2, -0.15) is 0 Å². The van der Waals surface area contributed by atoms with Crippen molar-refractivity contribution in [3.63, 3.8) is 0 Å². The van der Waals surface area contributed by atoms with Crippen molar-refractivity contribution in [1.29, 1.82) is 0 Å². The summed E-state index contributed by atoms with van der Waals surface area (Å²) in [5, 5.41) is 3.50. The molecule has 0 aliphatic rings. The first-order valence-corrected chi connectivity index (χ1v) is 5.64. The molecule has 0 spiro atoms. The molecule has 0 fully saturated rings. The van der Waals surface area contributed by atoms with Crippen molar-refractivity contribution < 1.29 is 0 Å². The fraction of sp³-hybridized carbons (Fsp3) is 0.538. The molecule has 0 saturated carbocycles. The quantitative estimate of drug-likeness (QED) is 0.729. The molecule has 1 N–H and O–H groups in total. The van der Waals surface area contributed by atoms with Crippen molar-refractivity contribution >= 4 is 0 Å². The predicted molar refractivity (Wildman–Crippen MR) is 62.5 cm³/mol. The third kappa shape index (κ3) is 3.93. The highest BCUT2D eigenvalue weighted by Crippen LogP contribution is 2.06. The van der Waals surface area contributed by atoms with Gasteiger partial charge in [0, 0.05) is 6.04 Å². The van der Waals surface area contributed by atoms with Crippen LogP contribution in [0.5, 0.6) is 0 Å². The second kappa shape index (κ2) is 6.61. The molecule has 0 bridgehead atoms. The molecule has 1 heteroatoms. The minimum atomic E-state index is 0.681. The van der Waals surface area contributed by atoms with E-state index in [0.717, 1.165) is 6.54 Å². The first kappa shape index (κ1) is 11.3. The number of rotatable bonds is 6. The average molecular weight is 191 g/mol. The maximum atomic E-state index is 3.50. The van der Waals surface area contributed by atoms with Crippen LogP contribution in [-0.4, -0.2) is 12.6 Å². The van der Waals surface area contributed by atoms with Crippen molar-refractivity contribution in [1.82, 2.24) is 5.32 Å². The Morgan fingerprint density at radius 1 is 1.14 bits per heavy atom. The fourth-order valence-corrected chi connectivity index (χ4v) is 1.72. The Hall–Kier alpha value is -0.820. The second-order valence-electron chi connectivity index (χ2n) is 3.69. The zero-order valence-electron chi connectivity index (χ0n) is 9.29. The van der Waals surface area contributed by atoms with Crippen LogP contribution in [0.1, 0.15) is 32.3 Å². The third-order valence-electron chi connectivity index (χ3n) is 2.61. The van der Waals surface area contributed by atoms with Gasteiger partial charge in [-0.1, -0.05) is 44.2 Å². The Morgan fingerprint density at radius 3 is 2.43 bits per heavy atom. The lowest BCUT2D eigenvalue weighted by atomic mass is 10.0. The molecule has 0 aliphatic carbocycles. The molecule has 0 aliphatic heterocycles. The highest BCUT2D eigenvalue weighted by Gasteiger charge is 2.03. The summed E-state index contributed by atoms with van der Waals surface area (Å²) in [5.74, 6) is 0. The fourth-order valence-electron chi connectivity index (χ4n) is 1.72. The van der Waals surface area contributed by atoms with E-state index in [0.29, 0.717) is 6.04 Å². The molecular formula is C13H21N. The first-order chi connectivity index (χ1) is 6.86. The molecule has 1 atom stereocenters. The summed E-state index contributed by atoms with van der Waals surface area (Å²) < 4.78 is 0. The van der Waals surface area contributed by atoms with Crippen molar-refractivity contribution in [2.45, 2.75) is 39.2 Å². The van der Waals surface area contributed by atoms with E-state index in [2.05, 4.69) is 49.5 Å². The van der Waals surface area contributed by atoms with E-state index in [1.807, 2.05) is 0 Å². The lowest BCUT2D eigenvalue weighted by Gasteiger charge is -2.15. The Kier molecular flexibility index (Phi) is 5.31. The molecule has 1 unspecified atom stereocenters. The van der Waals surface area contributed by atoms with Gasteiger partial charge < -0.3 is 5.32 Å². The Balaban J connectivity index is 2.32. The summed E-state index contributed by atoms with van der Waals surface area (Å²) in [6.07, 6.45) is 3.65. The maximum absolute atomic E-state index is 3.50. The Labute approximate surface area is 87.5 Å². The summed E-state index contributed by atoms with van der Waals surface area (Å²) in [5.41, 5.74) is 1.45. The van der Waals surface area contributed by atoms with E-state index in [1.54, 1.807) is 0 Å². The summed E-state index contributed by atoms with van der Waals surface area (Å²) in [6, 6.07) is 11.4. The number of aryl methyl sites for hydroxylation is 1. The van der Waals surface area contributed by atoms with Gasteiger partial charge in [-0.05, 0) is 31.4 Å². The molecule has 0 heterocycles. The van der Waals surface area contributed by atoms with Crippen LogP contribution in [0.2, 0.25) is 0 Å². The van der Waals surface area contributed by atoms with E-state index in [1.165, 1.54) is 24.8 Å². The zero-order chi connectivity index (χ0) is 10.2. The Bertz CT molecular complexity index is 230. The van der Waals surface area contributed by atoms with Gasteiger partial charge in [-0.3, -0.25) is 0 Å². The van der Waals surface area contributed by atoms with E-state index in [9.17, 15) is 0 Å². The summed E-state index contributed by atoms with van der Waals surface area (Å²) >= 11 is 0. The smallest absolute Gasteiger partial charge is 0.00674 e. The van der Waals surface area contributed by atoms with Crippen LogP contribution in [-0.2, 0) is 6.42 Å². The van der Waals surface area contributed by atoms with Crippen molar-refractivity contribution in [2.75, 3.05) is 6.54 Å². The standard InChI is InChI=1S/C13H21N/c1-3-13(14-4-2)11-10-12-8-6-5-7-9-12/h5-9,13-14H,3-4,10-11H2,1-2H3. The van der Waals surface area contributed by atoms with E-state index < -0.39 is 0 Å². The minimum Gasteiger partial charge on any atom is -0.314 e. The van der Waals surface area contributed by atoms with Gasteiger partial charge >= 0.3 is 0 Å². The monoisotopic (exact) mass is 191 g/mol. The van der Waals surface area contributed by atoms with Crippen molar-refractivity contribution in [3.8, 4) is 0 Å². The molecule has 0 aromatic heterocycles. The van der Waals surface area contributed by atoms with Gasteiger partial charge in [-0.25, -0.2) is 0 Å². The molecule has 0 amide bonds. The van der Waals surface area contributed by atoms with Crippen LogP contribution >= 0.6 is 0 Å². The predicted octanol–water partition coefficient (Wildman–Crippen LogP) is 3.01. The number of benzene rings is 1. The molecule has 0 radical (unpaired) electrons. The van der Waals surface area contributed by atoms with Gasteiger partial charge in [0.25, 0.3) is 0 Å². The zero-order valence-corrected chi connectivity index (χ0v) is 9.29. The maximum Gasteiger partial charge on any atom is 0.00674 e. The first-order valence-electron chi connectivity index (χ1n) is 5.64. The summed E-state index contributed by atoms with van der Waals surface area (Å²) in [6.45, 7) is 5.50. The molecule has 14 heavy (non-hydrogen) atoms. The summed E-state index contributed by atoms with van der Waals surface area (Å²) in [4.78, 5) is 0. The molecule has 0 saturated heterocycles. The highest BCUT2D eigenvalue weighted by atomic mass is 14.9. The van der Waals surface area contributed by atoms with E-state index >= 15 is 0 Å². The van der Waals surface area contributed by atoms with E-state index in [-0.39, 0.29) is 0 Å². The highest BCUT2D eigenvalue weighted by molar-refractivity contribution is 5.14. The Morgan fingerprint density at radius 2 is 1.86 bits per heavy atom. The average Bonchev–Trinajstić information content (AvgIpc) is 2.25. The second-order valence-corrected chi connectivity index (χ2v) is 3.69. The van der Waals surface area contributed by atoms with Gasteiger partial charge in [-0.15, -0.1) is 0 Å². The van der Waals surface area contributed by atoms with Crippen LogP contribution in [0, 0.1) is 0 Å². The van der Waals surface area contributed by atoms with Crippen LogP contribution < -0.4 is 5.32 Å². The van der Waals surface area contributed by atoms with Crippen molar-refractivity contribution in [2.24, 2.45) is 0 Å².